The molecule has 0 spiro atoms. The molecule has 4 nitrogen and oxygen atoms in total. The first-order chi connectivity index (χ1) is 14.6. The smallest absolute Gasteiger partial charge is 0.244 e. The van der Waals surface area contributed by atoms with Gasteiger partial charge in [0.15, 0.2) is 0 Å². The number of rotatable bonds is 6. The van der Waals surface area contributed by atoms with Gasteiger partial charge in [0.1, 0.15) is 0 Å². The molecular formula is C25H22BrN3O. The lowest BCUT2D eigenvalue weighted by molar-refractivity contribution is -0.120. The van der Waals surface area contributed by atoms with E-state index in [4.69, 9.17) is 0 Å². The lowest BCUT2D eigenvalue weighted by Gasteiger charge is -2.08. The van der Waals surface area contributed by atoms with E-state index >= 15 is 0 Å². The molecule has 30 heavy (non-hydrogen) atoms. The predicted molar refractivity (Wildman–Crippen MR) is 126 cm³/mol. The van der Waals surface area contributed by atoms with Gasteiger partial charge in [-0.05, 0) is 41.8 Å². The molecule has 1 aromatic heterocycles. The van der Waals surface area contributed by atoms with Crippen LogP contribution in [-0.4, -0.2) is 16.7 Å². The summed E-state index contributed by atoms with van der Waals surface area (Å²) in [5.74, 6) is -0.141. The molecule has 1 amide bonds. The van der Waals surface area contributed by atoms with E-state index in [9.17, 15) is 4.79 Å². The average Bonchev–Trinajstić information content (AvgIpc) is 3.09. The molecule has 0 bridgehead atoms. The number of amides is 1. The number of carbonyl (C=O) groups is 1. The Bertz CT molecular complexity index is 1210. The highest BCUT2D eigenvalue weighted by molar-refractivity contribution is 9.10. The second-order valence-corrected chi connectivity index (χ2v) is 8.17. The summed E-state index contributed by atoms with van der Waals surface area (Å²) in [6, 6.07) is 24.3. The molecule has 0 aliphatic rings. The summed E-state index contributed by atoms with van der Waals surface area (Å²) in [6.45, 7) is 2.92. The number of aromatic nitrogens is 1. The number of nitrogens with zero attached hydrogens (tertiary/aromatic N) is 2. The van der Waals surface area contributed by atoms with Crippen molar-refractivity contribution in [2.24, 2.45) is 5.10 Å². The molecule has 0 aliphatic heterocycles. The number of fused-ring (bicyclic) bond motifs is 1. The number of carbonyl (C=O) groups excluding carboxylic acids is 1. The van der Waals surface area contributed by atoms with Crippen LogP contribution in [0.5, 0.6) is 0 Å². The first-order valence-electron chi connectivity index (χ1n) is 9.79. The highest BCUT2D eigenvalue weighted by Crippen LogP contribution is 2.22. The quantitative estimate of drug-likeness (QED) is 0.302. The maximum atomic E-state index is 12.2. The zero-order valence-electron chi connectivity index (χ0n) is 16.7. The van der Waals surface area contributed by atoms with Crippen LogP contribution < -0.4 is 5.43 Å². The van der Waals surface area contributed by atoms with Crippen molar-refractivity contribution >= 4 is 39.0 Å². The standard InChI is InChI=1S/C25H22BrN3O/c1-18-6-2-3-7-20(18)16-29-17-21(23-8-4-5-9-24(23)29)15-27-28-25(30)14-19-10-12-22(26)13-11-19/h2-13,15,17H,14,16H2,1H3,(H,28,30)/b27-15-. The van der Waals surface area contributed by atoms with E-state index in [-0.39, 0.29) is 5.91 Å². The number of para-hydroxylation sites is 1. The fourth-order valence-electron chi connectivity index (χ4n) is 3.48. The highest BCUT2D eigenvalue weighted by Gasteiger charge is 2.08. The minimum absolute atomic E-state index is 0.141. The summed E-state index contributed by atoms with van der Waals surface area (Å²) in [4.78, 5) is 12.2. The summed E-state index contributed by atoms with van der Waals surface area (Å²) >= 11 is 3.40. The van der Waals surface area contributed by atoms with Crippen molar-refractivity contribution in [2.75, 3.05) is 0 Å². The van der Waals surface area contributed by atoms with E-state index in [2.05, 4.69) is 80.5 Å². The highest BCUT2D eigenvalue weighted by atomic mass is 79.9. The van der Waals surface area contributed by atoms with Crippen LogP contribution in [-0.2, 0) is 17.8 Å². The molecule has 5 heteroatoms. The summed E-state index contributed by atoms with van der Waals surface area (Å²) in [6.07, 6.45) is 4.09. The zero-order valence-corrected chi connectivity index (χ0v) is 18.3. The van der Waals surface area contributed by atoms with Gasteiger partial charge in [0.2, 0.25) is 5.91 Å². The monoisotopic (exact) mass is 459 g/mol. The van der Waals surface area contributed by atoms with Crippen LogP contribution >= 0.6 is 15.9 Å². The van der Waals surface area contributed by atoms with Crippen LogP contribution in [0.4, 0.5) is 0 Å². The van der Waals surface area contributed by atoms with Gasteiger partial charge in [-0.2, -0.15) is 5.10 Å². The molecule has 1 N–H and O–H groups in total. The third-order valence-electron chi connectivity index (χ3n) is 5.09. The number of nitrogens with one attached hydrogen (secondary N) is 1. The molecule has 0 atom stereocenters. The minimum atomic E-state index is -0.141. The first kappa shape index (κ1) is 20.1. The Kier molecular flexibility index (Phi) is 6.10. The topological polar surface area (TPSA) is 46.4 Å². The van der Waals surface area contributed by atoms with Gasteiger partial charge in [-0.1, -0.05) is 70.5 Å². The first-order valence-corrected chi connectivity index (χ1v) is 10.6. The van der Waals surface area contributed by atoms with Crippen LogP contribution in [0.25, 0.3) is 10.9 Å². The van der Waals surface area contributed by atoms with Crippen molar-refractivity contribution in [3.05, 3.63) is 106 Å². The van der Waals surface area contributed by atoms with Crippen LogP contribution in [0.1, 0.15) is 22.3 Å². The number of halogens is 1. The number of hydrogen-bond acceptors (Lipinski definition) is 2. The molecule has 0 radical (unpaired) electrons. The van der Waals surface area contributed by atoms with Gasteiger partial charge in [-0.15, -0.1) is 0 Å². The van der Waals surface area contributed by atoms with Crippen molar-refractivity contribution in [3.63, 3.8) is 0 Å². The SMILES string of the molecule is Cc1ccccc1Cn1cc(/C=N\NC(=O)Cc2ccc(Br)cc2)c2ccccc21. The average molecular weight is 460 g/mol. The van der Waals surface area contributed by atoms with Gasteiger partial charge >= 0.3 is 0 Å². The second kappa shape index (κ2) is 9.09. The number of benzene rings is 3. The van der Waals surface area contributed by atoms with Crippen molar-refractivity contribution < 1.29 is 4.79 Å². The van der Waals surface area contributed by atoms with E-state index in [0.29, 0.717) is 6.42 Å². The van der Waals surface area contributed by atoms with Gasteiger partial charge in [-0.3, -0.25) is 4.79 Å². The fraction of sp³-hybridized carbons (Fsp3) is 0.120. The molecule has 0 fully saturated rings. The molecule has 1 heterocycles. The summed E-state index contributed by atoms with van der Waals surface area (Å²) in [5.41, 5.74) is 8.25. The molecule has 4 rings (SSSR count). The van der Waals surface area contributed by atoms with Crippen LogP contribution in [0.2, 0.25) is 0 Å². The van der Waals surface area contributed by atoms with Gasteiger partial charge in [0.25, 0.3) is 0 Å². The molecular weight excluding hydrogens is 438 g/mol. The summed E-state index contributed by atoms with van der Waals surface area (Å²) in [5, 5.41) is 5.30. The Morgan fingerprint density at radius 1 is 1.03 bits per heavy atom. The van der Waals surface area contributed by atoms with Crippen molar-refractivity contribution in [3.8, 4) is 0 Å². The Hall–Kier alpha value is -3.18. The van der Waals surface area contributed by atoms with Crippen LogP contribution in [0.3, 0.4) is 0 Å². The van der Waals surface area contributed by atoms with E-state index in [0.717, 1.165) is 33.0 Å². The van der Waals surface area contributed by atoms with E-state index < -0.39 is 0 Å². The van der Waals surface area contributed by atoms with Gasteiger partial charge in [0.05, 0.1) is 12.6 Å². The van der Waals surface area contributed by atoms with Crippen molar-refractivity contribution in [1.82, 2.24) is 9.99 Å². The molecule has 0 saturated carbocycles. The largest absolute Gasteiger partial charge is 0.342 e. The van der Waals surface area contributed by atoms with Crippen molar-refractivity contribution in [2.45, 2.75) is 19.9 Å². The molecule has 0 unspecified atom stereocenters. The van der Waals surface area contributed by atoms with Crippen molar-refractivity contribution in [1.29, 1.82) is 0 Å². The number of hydrogen-bond donors (Lipinski definition) is 1. The normalized spacial score (nSPS) is 11.3. The van der Waals surface area contributed by atoms with E-state index in [1.54, 1.807) is 6.21 Å². The van der Waals surface area contributed by atoms with Gasteiger partial charge in [-0.25, -0.2) is 5.43 Å². The lowest BCUT2D eigenvalue weighted by atomic mass is 10.1. The third-order valence-corrected chi connectivity index (χ3v) is 5.62. The minimum Gasteiger partial charge on any atom is -0.342 e. The van der Waals surface area contributed by atoms with E-state index in [1.165, 1.54) is 11.1 Å². The maximum absolute atomic E-state index is 12.2. The number of hydrazone groups is 1. The van der Waals surface area contributed by atoms with Gasteiger partial charge < -0.3 is 4.57 Å². The molecule has 3 aromatic carbocycles. The second-order valence-electron chi connectivity index (χ2n) is 7.25. The Morgan fingerprint density at radius 2 is 1.77 bits per heavy atom. The Balaban J connectivity index is 1.50. The molecule has 4 aromatic rings. The molecule has 0 saturated heterocycles. The van der Waals surface area contributed by atoms with Gasteiger partial charge in [0, 0.05) is 33.7 Å². The van der Waals surface area contributed by atoms with Crippen LogP contribution in [0.15, 0.2) is 88.6 Å². The third kappa shape index (κ3) is 4.69. The van der Waals surface area contributed by atoms with E-state index in [1.807, 2.05) is 36.4 Å². The predicted octanol–water partition coefficient (Wildman–Crippen LogP) is 5.45. The summed E-state index contributed by atoms with van der Waals surface area (Å²) < 4.78 is 3.22. The maximum Gasteiger partial charge on any atom is 0.244 e. The Morgan fingerprint density at radius 3 is 2.57 bits per heavy atom. The molecule has 150 valence electrons. The summed E-state index contributed by atoms with van der Waals surface area (Å²) in [7, 11) is 0. The molecule has 0 aliphatic carbocycles. The lowest BCUT2D eigenvalue weighted by Crippen LogP contribution is -2.19. The van der Waals surface area contributed by atoms with Crippen LogP contribution in [0, 0.1) is 6.92 Å². The number of aryl methyl sites for hydroxylation is 1. The fourth-order valence-corrected chi connectivity index (χ4v) is 3.75. The zero-order chi connectivity index (χ0) is 20.9. The Labute approximate surface area is 184 Å².